The molecular weight excluding hydrogens is 405 g/mol. The fourth-order valence-corrected chi connectivity index (χ4v) is 3.92. The lowest BCUT2D eigenvalue weighted by molar-refractivity contribution is 0.143. The van der Waals surface area contributed by atoms with Gasteiger partial charge < -0.3 is 15.0 Å². The molecule has 1 fully saturated rings. The number of rotatable bonds is 4. The molecule has 9 heteroatoms. The highest BCUT2D eigenvalue weighted by atomic mass is 32.2. The van der Waals surface area contributed by atoms with Gasteiger partial charge in [0, 0.05) is 18.8 Å². The highest BCUT2D eigenvalue weighted by molar-refractivity contribution is 8.13. The predicted molar refractivity (Wildman–Crippen MR) is 116 cm³/mol. The zero-order valence-electron chi connectivity index (χ0n) is 16.3. The van der Waals surface area contributed by atoms with Crippen molar-refractivity contribution in [2.45, 2.75) is 19.2 Å². The van der Waals surface area contributed by atoms with Crippen molar-refractivity contribution in [2.24, 2.45) is 4.99 Å². The number of amides is 1. The molecule has 0 saturated carbocycles. The van der Waals surface area contributed by atoms with Crippen LogP contribution in [0.1, 0.15) is 11.3 Å². The SMILES string of the molecule is C#CN=C(NC[C@H]1CN(c2ccc(N3Cc4cccnc4C3)c(F)c2)C(=O)O1)SC. The predicted octanol–water partition coefficient (Wildman–Crippen LogP) is 2.97. The van der Waals surface area contributed by atoms with Crippen LogP contribution < -0.4 is 15.1 Å². The Morgan fingerprint density at radius 1 is 1.47 bits per heavy atom. The van der Waals surface area contributed by atoms with E-state index in [-0.39, 0.29) is 5.82 Å². The first-order valence-corrected chi connectivity index (χ1v) is 10.6. The fourth-order valence-electron chi connectivity index (χ4n) is 3.55. The van der Waals surface area contributed by atoms with Crippen LogP contribution in [0.3, 0.4) is 0 Å². The minimum Gasteiger partial charge on any atom is -0.442 e. The Kier molecular flexibility index (Phi) is 5.77. The molecule has 1 aromatic heterocycles. The number of aliphatic imine (C=N–C) groups is 1. The van der Waals surface area contributed by atoms with E-state index in [1.165, 1.54) is 22.7 Å². The molecule has 0 aliphatic carbocycles. The van der Waals surface area contributed by atoms with Crippen LogP contribution in [0.5, 0.6) is 0 Å². The first-order valence-electron chi connectivity index (χ1n) is 9.35. The van der Waals surface area contributed by atoms with Crippen molar-refractivity contribution in [3.05, 3.63) is 53.6 Å². The quantitative estimate of drug-likeness (QED) is 0.462. The van der Waals surface area contributed by atoms with Crippen LogP contribution in [0.25, 0.3) is 0 Å². The molecule has 154 valence electrons. The second-order valence-electron chi connectivity index (χ2n) is 6.85. The topological polar surface area (TPSA) is 70.1 Å². The lowest BCUT2D eigenvalue weighted by Crippen LogP contribution is -2.33. The molecule has 2 aromatic rings. The summed E-state index contributed by atoms with van der Waals surface area (Å²) < 4.78 is 20.3. The van der Waals surface area contributed by atoms with Gasteiger partial charge in [0.2, 0.25) is 0 Å². The van der Waals surface area contributed by atoms with E-state index >= 15 is 0 Å². The molecule has 1 saturated heterocycles. The number of cyclic esters (lactones) is 1. The van der Waals surface area contributed by atoms with Crippen LogP contribution in [-0.2, 0) is 17.8 Å². The molecular formula is C21H20FN5O2S. The Balaban J connectivity index is 1.43. The van der Waals surface area contributed by atoms with Gasteiger partial charge in [0.15, 0.2) is 5.17 Å². The first-order chi connectivity index (χ1) is 14.6. The van der Waals surface area contributed by atoms with E-state index in [1.807, 2.05) is 23.3 Å². The molecule has 7 nitrogen and oxygen atoms in total. The van der Waals surface area contributed by atoms with Crippen LogP contribution in [0.2, 0.25) is 0 Å². The first kappa shape index (κ1) is 20.0. The number of hydrogen-bond donors (Lipinski definition) is 1. The van der Waals surface area contributed by atoms with Crippen molar-refractivity contribution >= 4 is 34.4 Å². The molecule has 4 rings (SSSR count). The Labute approximate surface area is 178 Å². The van der Waals surface area contributed by atoms with E-state index in [0.29, 0.717) is 42.7 Å². The number of terminal acetylenes is 1. The summed E-state index contributed by atoms with van der Waals surface area (Å²) >= 11 is 1.37. The van der Waals surface area contributed by atoms with E-state index in [4.69, 9.17) is 11.2 Å². The lowest BCUT2D eigenvalue weighted by atomic mass is 10.2. The molecule has 2 aliphatic rings. The molecule has 1 amide bonds. The van der Waals surface area contributed by atoms with E-state index in [0.717, 1.165) is 11.3 Å². The summed E-state index contributed by atoms with van der Waals surface area (Å²) in [6.07, 6.45) is 7.86. The monoisotopic (exact) mass is 425 g/mol. The number of ether oxygens (including phenoxy) is 1. The van der Waals surface area contributed by atoms with Gasteiger partial charge in [-0.25, -0.2) is 9.18 Å². The summed E-state index contributed by atoms with van der Waals surface area (Å²) in [5.74, 6) is -0.388. The number of carbonyl (C=O) groups excluding carboxylic acids is 1. The van der Waals surface area contributed by atoms with E-state index in [2.05, 4.69) is 21.3 Å². The number of carbonyl (C=O) groups is 1. The number of aromatic nitrogens is 1. The number of fused-ring (bicyclic) bond motifs is 1. The summed E-state index contributed by atoms with van der Waals surface area (Å²) in [5, 5.41) is 3.62. The highest BCUT2D eigenvalue weighted by Gasteiger charge is 2.33. The second-order valence-corrected chi connectivity index (χ2v) is 7.64. The third-order valence-corrected chi connectivity index (χ3v) is 5.61. The van der Waals surface area contributed by atoms with Crippen molar-refractivity contribution in [1.82, 2.24) is 10.3 Å². The Bertz CT molecular complexity index is 1010. The number of hydrogen-bond acceptors (Lipinski definition) is 6. The number of nitrogens with zero attached hydrogens (tertiary/aromatic N) is 4. The van der Waals surface area contributed by atoms with Crippen molar-refractivity contribution < 1.29 is 13.9 Å². The van der Waals surface area contributed by atoms with Crippen molar-refractivity contribution in [3.63, 3.8) is 0 Å². The largest absolute Gasteiger partial charge is 0.442 e. The summed E-state index contributed by atoms with van der Waals surface area (Å²) in [5.41, 5.74) is 2.99. The normalized spacial score (nSPS) is 18.2. The second kappa shape index (κ2) is 8.63. The Morgan fingerprint density at radius 3 is 3.07 bits per heavy atom. The minimum absolute atomic E-state index is 0.307. The number of anilines is 2. The molecule has 1 atom stereocenters. The van der Waals surface area contributed by atoms with Gasteiger partial charge in [0.05, 0.1) is 36.7 Å². The number of benzene rings is 1. The third-order valence-electron chi connectivity index (χ3n) is 4.98. The minimum atomic E-state index is -0.508. The zero-order chi connectivity index (χ0) is 21.1. The van der Waals surface area contributed by atoms with E-state index in [1.54, 1.807) is 18.3 Å². The molecule has 30 heavy (non-hydrogen) atoms. The van der Waals surface area contributed by atoms with E-state index < -0.39 is 12.2 Å². The summed E-state index contributed by atoms with van der Waals surface area (Å²) in [6, 6.07) is 10.9. The molecule has 2 aliphatic heterocycles. The molecule has 0 radical (unpaired) electrons. The standard InChI is InChI=1S/C21H20FN5O2S/c1-3-23-20(30-2)25-10-16-12-27(21(28)29-16)15-6-7-19(17(22)9-15)26-11-14-5-4-8-24-18(14)13-26/h1,4-9,16H,10-13H2,2H3,(H,23,25)/t16-/m0/s1. The molecule has 0 bridgehead atoms. The fraction of sp³-hybridized carbons (Fsp3) is 0.286. The lowest BCUT2D eigenvalue weighted by Gasteiger charge is -2.20. The highest BCUT2D eigenvalue weighted by Crippen LogP contribution is 2.32. The van der Waals surface area contributed by atoms with Gasteiger partial charge in [0.1, 0.15) is 11.9 Å². The van der Waals surface area contributed by atoms with Crippen molar-refractivity contribution in [3.8, 4) is 12.5 Å². The molecule has 1 aromatic carbocycles. The van der Waals surface area contributed by atoms with Gasteiger partial charge in [-0.1, -0.05) is 24.3 Å². The Morgan fingerprint density at radius 2 is 2.33 bits per heavy atom. The van der Waals surface area contributed by atoms with Crippen LogP contribution in [0, 0.1) is 18.3 Å². The van der Waals surface area contributed by atoms with Gasteiger partial charge >= 0.3 is 6.09 Å². The van der Waals surface area contributed by atoms with Gasteiger partial charge in [0.25, 0.3) is 0 Å². The van der Waals surface area contributed by atoms with Crippen LogP contribution in [-0.4, -0.2) is 41.7 Å². The maximum Gasteiger partial charge on any atom is 0.414 e. The van der Waals surface area contributed by atoms with Crippen molar-refractivity contribution in [2.75, 3.05) is 29.1 Å². The Hall–Kier alpha value is -3.25. The number of nitrogens with one attached hydrogen (secondary N) is 1. The average molecular weight is 425 g/mol. The maximum absolute atomic E-state index is 14.9. The van der Waals surface area contributed by atoms with Gasteiger partial charge in [-0.2, -0.15) is 4.99 Å². The summed E-state index contributed by atoms with van der Waals surface area (Å²) in [7, 11) is 0. The van der Waals surface area contributed by atoms with Crippen molar-refractivity contribution in [1.29, 1.82) is 0 Å². The van der Waals surface area contributed by atoms with Crippen LogP contribution in [0.15, 0.2) is 41.5 Å². The number of pyridine rings is 1. The van der Waals surface area contributed by atoms with Crippen LogP contribution in [0.4, 0.5) is 20.6 Å². The molecule has 0 unspecified atom stereocenters. The van der Waals surface area contributed by atoms with Gasteiger partial charge in [-0.3, -0.25) is 9.88 Å². The molecule has 1 N–H and O–H groups in total. The number of thioether (sulfide) groups is 1. The van der Waals surface area contributed by atoms with Gasteiger partial charge in [-0.15, -0.1) is 0 Å². The van der Waals surface area contributed by atoms with E-state index in [9.17, 15) is 9.18 Å². The molecule has 0 spiro atoms. The smallest absolute Gasteiger partial charge is 0.414 e. The number of halogens is 1. The summed E-state index contributed by atoms with van der Waals surface area (Å²) in [6.45, 7) is 1.84. The third kappa shape index (κ3) is 4.04. The maximum atomic E-state index is 14.9. The molecule has 3 heterocycles. The zero-order valence-corrected chi connectivity index (χ0v) is 17.2. The van der Waals surface area contributed by atoms with Crippen LogP contribution >= 0.6 is 11.8 Å². The van der Waals surface area contributed by atoms with Gasteiger partial charge in [-0.05, 0) is 36.1 Å². The number of amidine groups is 1. The average Bonchev–Trinajstić information content (AvgIpc) is 3.34. The summed E-state index contributed by atoms with van der Waals surface area (Å²) in [4.78, 5) is 23.9.